The molecule has 1 atom stereocenters. The third-order valence-electron chi connectivity index (χ3n) is 3.04. The number of hydrogen-bond donors (Lipinski definition) is 2. The average molecular weight is 312 g/mol. The largest absolute Gasteiger partial charge is 0.465 e. The first kappa shape index (κ1) is 15.7. The first-order valence-corrected chi connectivity index (χ1v) is 7.89. The van der Waals surface area contributed by atoms with Crippen LogP contribution in [-0.2, 0) is 16.6 Å². The quantitative estimate of drug-likeness (QED) is 0.886. The normalized spacial score (nSPS) is 13.3. The summed E-state index contributed by atoms with van der Waals surface area (Å²) in [6, 6.07) is 6.58. The summed E-state index contributed by atoms with van der Waals surface area (Å²) in [6.45, 7) is 3.52. The van der Waals surface area contributed by atoms with Crippen LogP contribution in [0.2, 0.25) is 0 Å². The van der Waals surface area contributed by atoms with E-state index >= 15 is 0 Å². The molecule has 21 heavy (non-hydrogen) atoms. The molecule has 114 valence electrons. The number of hydrogen-bond acceptors (Lipinski definition) is 4. The zero-order chi connectivity index (χ0) is 15.6. The van der Waals surface area contributed by atoms with Gasteiger partial charge in [-0.3, -0.25) is 0 Å². The summed E-state index contributed by atoms with van der Waals surface area (Å²) < 4.78 is 46.1. The molecule has 0 bridgehead atoms. The number of halogens is 1. The van der Waals surface area contributed by atoms with E-state index < -0.39 is 26.8 Å². The van der Waals surface area contributed by atoms with E-state index in [0.717, 1.165) is 6.07 Å². The Morgan fingerprint density at radius 3 is 2.62 bits per heavy atom. The fraction of sp³-hybridized carbons (Fsp3) is 0.286. The Bertz CT molecular complexity index is 740. The lowest BCUT2D eigenvalue weighted by molar-refractivity contribution is 0.440. The van der Waals surface area contributed by atoms with Gasteiger partial charge in [-0.25, -0.2) is 17.5 Å². The van der Waals surface area contributed by atoms with Gasteiger partial charge in [0.15, 0.2) is 0 Å². The van der Waals surface area contributed by atoms with Crippen LogP contribution in [0.25, 0.3) is 0 Å². The maximum atomic E-state index is 13.8. The summed E-state index contributed by atoms with van der Waals surface area (Å²) in [5, 5.41) is 0. The van der Waals surface area contributed by atoms with Crippen molar-refractivity contribution >= 4 is 10.0 Å². The van der Waals surface area contributed by atoms with E-state index in [9.17, 15) is 12.8 Å². The molecule has 0 amide bonds. The van der Waals surface area contributed by atoms with E-state index in [0.29, 0.717) is 17.1 Å². The molecule has 0 aliphatic heterocycles. The van der Waals surface area contributed by atoms with E-state index in [-0.39, 0.29) is 6.54 Å². The first-order valence-electron chi connectivity index (χ1n) is 6.40. The lowest BCUT2D eigenvalue weighted by atomic mass is 10.2. The van der Waals surface area contributed by atoms with Crippen LogP contribution in [0.15, 0.2) is 39.6 Å². The van der Waals surface area contributed by atoms with Gasteiger partial charge < -0.3 is 10.2 Å². The standard InChI is InChI=1S/C14H17FN2O3S/c1-9-3-6-13(20-9)10(2)17-21(18,19)14-7-11(8-16)4-5-12(14)15/h3-7,10,17H,8,16H2,1-2H3. The van der Waals surface area contributed by atoms with Crippen LogP contribution < -0.4 is 10.5 Å². The average Bonchev–Trinajstić information content (AvgIpc) is 2.85. The molecule has 0 spiro atoms. The lowest BCUT2D eigenvalue weighted by Crippen LogP contribution is -2.27. The predicted molar refractivity (Wildman–Crippen MR) is 76.5 cm³/mol. The third kappa shape index (κ3) is 3.49. The zero-order valence-electron chi connectivity index (χ0n) is 11.8. The molecule has 2 aromatic rings. The molecule has 2 rings (SSSR count). The van der Waals surface area contributed by atoms with Crippen LogP contribution in [0.3, 0.4) is 0 Å². The maximum Gasteiger partial charge on any atom is 0.244 e. The molecule has 0 aliphatic carbocycles. The van der Waals surface area contributed by atoms with Crippen LogP contribution >= 0.6 is 0 Å². The molecule has 0 aliphatic rings. The van der Waals surface area contributed by atoms with Crippen molar-refractivity contribution in [1.29, 1.82) is 0 Å². The highest BCUT2D eigenvalue weighted by molar-refractivity contribution is 7.89. The fourth-order valence-electron chi connectivity index (χ4n) is 1.92. The van der Waals surface area contributed by atoms with Gasteiger partial charge in [-0.05, 0) is 43.7 Å². The highest BCUT2D eigenvalue weighted by atomic mass is 32.2. The van der Waals surface area contributed by atoms with E-state index in [1.54, 1.807) is 26.0 Å². The molecule has 0 saturated heterocycles. The van der Waals surface area contributed by atoms with Crippen molar-refractivity contribution in [3.8, 4) is 0 Å². The Morgan fingerprint density at radius 1 is 1.33 bits per heavy atom. The van der Waals surface area contributed by atoms with Crippen molar-refractivity contribution in [2.24, 2.45) is 5.73 Å². The third-order valence-corrected chi connectivity index (χ3v) is 4.60. The van der Waals surface area contributed by atoms with Gasteiger partial charge in [0.2, 0.25) is 10.0 Å². The number of furan rings is 1. The molecule has 0 saturated carbocycles. The smallest absolute Gasteiger partial charge is 0.244 e. The minimum Gasteiger partial charge on any atom is -0.465 e. The van der Waals surface area contributed by atoms with Crippen molar-refractivity contribution in [3.63, 3.8) is 0 Å². The minimum atomic E-state index is -4.00. The van der Waals surface area contributed by atoms with Gasteiger partial charge in [-0.15, -0.1) is 0 Å². The van der Waals surface area contributed by atoms with Gasteiger partial charge in [-0.1, -0.05) is 6.07 Å². The minimum absolute atomic E-state index is 0.135. The van der Waals surface area contributed by atoms with Gasteiger partial charge in [0, 0.05) is 6.54 Å². The molecule has 0 radical (unpaired) electrons. The van der Waals surface area contributed by atoms with Gasteiger partial charge >= 0.3 is 0 Å². The van der Waals surface area contributed by atoms with Crippen molar-refractivity contribution in [2.45, 2.75) is 31.3 Å². The lowest BCUT2D eigenvalue weighted by Gasteiger charge is -2.13. The van der Waals surface area contributed by atoms with E-state index in [1.165, 1.54) is 12.1 Å². The number of sulfonamides is 1. The Hall–Kier alpha value is -1.70. The van der Waals surface area contributed by atoms with E-state index in [1.807, 2.05) is 0 Å². The summed E-state index contributed by atoms with van der Waals surface area (Å²) in [4.78, 5) is -0.416. The van der Waals surface area contributed by atoms with Crippen molar-refractivity contribution < 1.29 is 17.2 Å². The second-order valence-corrected chi connectivity index (χ2v) is 6.44. The number of nitrogens with one attached hydrogen (secondary N) is 1. The molecule has 1 aromatic carbocycles. The zero-order valence-corrected chi connectivity index (χ0v) is 12.6. The Morgan fingerprint density at radius 2 is 2.05 bits per heavy atom. The highest BCUT2D eigenvalue weighted by Crippen LogP contribution is 2.21. The Kier molecular flexibility index (Phi) is 4.46. The summed E-state index contributed by atoms with van der Waals surface area (Å²) >= 11 is 0. The molecule has 0 fully saturated rings. The second kappa shape index (κ2) is 5.97. The van der Waals surface area contributed by atoms with Crippen LogP contribution in [0, 0.1) is 12.7 Å². The van der Waals surface area contributed by atoms with Crippen LogP contribution in [-0.4, -0.2) is 8.42 Å². The van der Waals surface area contributed by atoms with Gasteiger partial charge in [0.25, 0.3) is 0 Å². The summed E-state index contributed by atoms with van der Waals surface area (Å²) in [6.07, 6.45) is 0. The Balaban J connectivity index is 2.30. The molecular weight excluding hydrogens is 295 g/mol. The van der Waals surface area contributed by atoms with Crippen molar-refractivity contribution in [2.75, 3.05) is 0 Å². The van der Waals surface area contributed by atoms with Crippen LogP contribution in [0.4, 0.5) is 4.39 Å². The number of rotatable bonds is 5. The molecule has 3 N–H and O–H groups in total. The fourth-order valence-corrected chi connectivity index (χ4v) is 3.26. The monoisotopic (exact) mass is 312 g/mol. The van der Waals surface area contributed by atoms with E-state index in [4.69, 9.17) is 10.2 Å². The molecule has 7 heteroatoms. The second-order valence-electron chi connectivity index (χ2n) is 4.76. The maximum absolute atomic E-state index is 13.8. The van der Waals surface area contributed by atoms with Crippen LogP contribution in [0.1, 0.15) is 30.0 Å². The SMILES string of the molecule is Cc1ccc(C(C)NS(=O)(=O)c2cc(CN)ccc2F)o1. The van der Waals surface area contributed by atoms with Crippen molar-refractivity contribution in [3.05, 3.63) is 53.2 Å². The molecule has 5 nitrogen and oxygen atoms in total. The van der Waals surface area contributed by atoms with Crippen LogP contribution in [0.5, 0.6) is 0 Å². The van der Waals surface area contributed by atoms with Gasteiger partial charge in [0.1, 0.15) is 22.2 Å². The summed E-state index contributed by atoms with van der Waals surface area (Å²) in [5.41, 5.74) is 5.99. The number of benzene rings is 1. The number of nitrogens with two attached hydrogens (primary N) is 1. The van der Waals surface area contributed by atoms with Crippen molar-refractivity contribution in [1.82, 2.24) is 4.72 Å². The molecular formula is C14H17FN2O3S. The molecule has 1 heterocycles. The molecule has 1 aromatic heterocycles. The summed E-state index contributed by atoms with van der Waals surface area (Å²) in [5.74, 6) is 0.321. The van der Waals surface area contributed by atoms with Gasteiger partial charge in [0.05, 0.1) is 6.04 Å². The predicted octanol–water partition coefficient (Wildman–Crippen LogP) is 2.23. The topological polar surface area (TPSA) is 85.3 Å². The molecule has 1 unspecified atom stereocenters. The Labute approximate surface area is 123 Å². The highest BCUT2D eigenvalue weighted by Gasteiger charge is 2.23. The van der Waals surface area contributed by atoms with E-state index in [2.05, 4.69) is 4.72 Å². The summed E-state index contributed by atoms with van der Waals surface area (Å²) in [7, 11) is -4.00. The van der Waals surface area contributed by atoms with Gasteiger partial charge in [-0.2, -0.15) is 0 Å². The number of aryl methyl sites for hydroxylation is 1. The first-order chi connectivity index (χ1) is 9.83.